The maximum Gasteiger partial charge on any atom is 0.339 e. The number of carbonyl (C=O) groups is 1. The van der Waals surface area contributed by atoms with Crippen LogP contribution in [-0.2, 0) is 13.2 Å². The van der Waals surface area contributed by atoms with Gasteiger partial charge in [-0.15, -0.1) is 0 Å². The molecule has 0 saturated carbocycles. The molecule has 0 atom stereocenters. The normalized spacial score (nSPS) is 10.4. The Morgan fingerprint density at radius 3 is 3.00 bits per heavy atom. The Labute approximate surface area is 124 Å². The third-order valence-electron chi connectivity index (χ3n) is 2.67. The monoisotopic (exact) mass is 372 g/mol. The van der Waals surface area contributed by atoms with E-state index in [4.69, 9.17) is 9.84 Å². The van der Waals surface area contributed by atoms with Crippen molar-refractivity contribution in [3.8, 4) is 5.75 Å². The Bertz CT molecular complexity index is 595. The van der Waals surface area contributed by atoms with Crippen LogP contribution in [0.25, 0.3) is 0 Å². The van der Waals surface area contributed by atoms with Crippen molar-refractivity contribution in [2.75, 3.05) is 0 Å². The minimum atomic E-state index is -0.993. The van der Waals surface area contributed by atoms with Crippen molar-refractivity contribution in [1.29, 1.82) is 0 Å². The molecular weight excluding hydrogens is 359 g/mol. The highest BCUT2D eigenvalue weighted by molar-refractivity contribution is 14.1. The number of hydrogen-bond donors (Lipinski definition) is 1. The second-order valence-electron chi connectivity index (χ2n) is 3.86. The van der Waals surface area contributed by atoms with Crippen molar-refractivity contribution < 1.29 is 14.6 Å². The number of hydrogen-bond acceptors (Lipinski definition) is 3. The molecule has 0 aliphatic carbocycles. The molecule has 6 heteroatoms. The molecule has 1 heterocycles. The summed E-state index contributed by atoms with van der Waals surface area (Å²) in [5, 5.41) is 9.14. The molecular formula is C13H13IN2O3. The van der Waals surface area contributed by atoms with Gasteiger partial charge in [-0.1, -0.05) is 0 Å². The summed E-state index contributed by atoms with van der Waals surface area (Å²) in [4.78, 5) is 15.3. The Morgan fingerprint density at radius 1 is 1.53 bits per heavy atom. The quantitative estimate of drug-likeness (QED) is 0.820. The molecule has 0 aliphatic heterocycles. The third-order valence-corrected chi connectivity index (χ3v) is 3.34. The lowest BCUT2D eigenvalue weighted by Gasteiger charge is -2.10. The van der Waals surface area contributed by atoms with Gasteiger partial charge in [-0.3, -0.25) is 0 Å². The first kappa shape index (κ1) is 13.9. The van der Waals surface area contributed by atoms with Crippen LogP contribution in [0.15, 0.2) is 30.6 Å². The molecule has 2 rings (SSSR count). The first-order chi connectivity index (χ1) is 9.11. The lowest BCUT2D eigenvalue weighted by Crippen LogP contribution is -2.08. The Hall–Kier alpha value is -1.57. The standard InChI is InChI=1S/C13H13IN2O3/c1-2-16-6-5-15-12(16)8-19-11-4-3-9(14)7-10(11)13(17)18/h3-7H,2,8H2,1H3,(H,17,18). The topological polar surface area (TPSA) is 64.4 Å². The zero-order valence-corrected chi connectivity index (χ0v) is 12.5. The lowest BCUT2D eigenvalue weighted by molar-refractivity contribution is 0.0691. The van der Waals surface area contributed by atoms with Gasteiger partial charge >= 0.3 is 5.97 Å². The van der Waals surface area contributed by atoms with Crippen molar-refractivity contribution in [2.24, 2.45) is 0 Å². The number of imidazole rings is 1. The molecule has 0 radical (unpaired) electrons. The molecule has 0 bridgehead atoms. The highest BCUT2D eigenvalue weighted by atomic mass is 127. The van der Waals surface area contributed by atoms with Gasteiger partial charge in [-0.2, -0.15) is 0 Å². The fourth-order valence-electron chi connectivity index (χ4n) is 1.71. The summed E-state index contributed by atoms with van der Waals surface area (Å²) >= 11 is 2.07. The average molecular weight is 372 g/mol. The van der Waals surface area contributed by atoms with E-state index in [-0.39, 0.29) is 12.2 Å². The average Bonchev–Trinajstić information content (AvgIpc) is 2.84. The van der Waals surface area contributed by atoms with Crippen molar-refractivity contribution in [3.63, 3.8) is 0 Å². The van der Waals surface area contributed by atoms with Crippen LogP contribution in [0.1, 0.15) is 23.1 Å². The van der Waals surface area contributed by atoms with Gasteiger partial charge in [0, 0.05) is 22.5 Å². The second-order valence-corrected chi connectivity index (χ2v) is 5.11. The minimum Gasteiger partial charge on any atom is -0.485 e. The summed E-state index contributed by atoms with van der Waals surface area (Å²) in [7, 11) is 0. The zero-order valence-electron chi connectivity index (χ0n) is 10.3. The molecule has 0 spiro atoms. The van der Waals surface area contributed by atoms with Crippen molar-refractivity contribution in [2.45, 2.75) is 20.1 Å². The van der Waals surface area contributed by atoms with Crippen molar-refractivity contribution in [1.82, 2.24) is 9.55 Å². The second kappa shape index (κ2) is 6.05. The van der Waals surface area contributed by atoms with Crippen LogP contribution in [0.3, 0.4) is 0 Å². The molecule has 100 valence electrons. The Kier molecular flexibility index (Phi) is 4.41. The van der Waals surface area contributed by atoms with Gasteiger partial charge in [0.25, 0.3) is 0 Å². The Balaban J connectivity index is 2.18. The fourth-order valence-corrected chi connectivity index (χ4v) is 2.20. The predicted molar refractivity (Wildman–Crippen MR) is 78.4 cm³/mol. The zero-order chi connectivity index (χ0) is 13.8. The van der Waals surface area contributed by atoms with E-state index in [1.54, 1.807) is 18.3 Å². The van der Waals surface area contributed by atoms with E-state index in [1.807, 2.05) is 23.8 Å². The van der Waals surface area contributed by atoms with Crippen LogP contribution in [0.5, 0.6) is 5.75 Å². The third kappa shape index (κ3) is 3.25. The number of carboxylic acids is 1. The number of aromatic carboxylic acids is 1. The number of aryl methyl sites for hydroxylation is 1. The summed E-state index contributed by atoms with van der Waals surface area (Å²) in [5.41, 5.74) is 0.168. The fraction of sp³-hybridized carbons (Fsp3) is 0.231. The molecule has 0 fully saturated rings. The molecule has 1 N–H and O–H groups in total. The van der Waals surface area contributed by atoms with E-state index in [1.165, 1.54) is 0 Å². The summed E-state index contributed by atoms with van der Waals surface area (Å²) in [6.07, 6.45) is 3.57. The van der Waals surface area contributed by atoms with Gasteiger partial charge in [0.2, 0.25) is 0 Å². The number of benzene rings is 1. The Morgan fingerprint density at radius 2 is 2.32 bits per heavy atom. The summed E-state index contributed by atoms with van der Waals surface area (Å²) < 4.78 is 8.38. The van der Waals surface area contributed by atoms with Crippen LogP contribution in [0.4, 0.5) is 0 Å². The SMILES string of the molecule is CCn1ccnc1COc1ccc(I)cc1C(=O)O. The van der Waals surface area contributed by atoms with E-state index >= 15 is 0 Å². The van der Waals surface area contributed by atoms with Gasteiger partial charge in [-0.25, -0.2) is 9.78 Å². The number of rotatable bonds is 5. The van der Waals surface area contributed by atoms with Gasteiger partial charge in [0.05, 0.1) is 0 Å². The molecule has 0 aliphatic rings. The first-order valence-corrected chi connectivity index (χ1v) is 6.85. The molecule has 19 heavy (non-hydrogen) atoms. The lowest BCUT2D eigenvalue weighted by atomic mass is 10.2. The molecule has 0 unspecified atom stereocenters. The molecule has 0 saturated heterocycles. The smallest absolute Gasteiger partial charge is 0.339 e. The maximum absolute atomic E-state index is 11.2. The van der Waals surface area contributed by atoms with Gasteiger partial charge in [-0.05, 0) is 47.7 Å². The first-order valence-electron chi connectivity index (χ1n) is 5.77. The van der Waals surface area contributed by atoms with E-state index in [0.717, 1.165) is 15.9 Å². The van der Waals surface area contributed by atoms with Gasteiger partial charge in [0.15, 0.2) is 0 Å². The molecule has 1 aromatic heterocycles. The molecule has 2 aromatic rings. The number of carboxylic acid groups (broad SMARTS) is 1. The van der Waals surface area contributed by atoms with E-state index in [2.05, 4.69) is 27.6 Å². The van der Waals surface area contributed by atoms with Crippen molar-refractivity contribution in [3.05, 3.63) is 45.6 Å². The van der Waals surface area contributed by atoms with E-state index in [0.29, 0.717) is 5.75 Å². The summed E-state index contributed by atoms with van der Waals surface area (Å²) in [6, 6.07) is 5.07. The van der Waals surface area contributed by atoms with E-state index < -0.39 is 5.97 Å². The summed E-state index contributed by atoms with van der Waals surface area (Å²) in [5.74, 6) is 0.142. The van der Waals surface area contributed by atoms with Gasteiger partial charge < -0.3 is 14.4 Å². The number of halogens is 1. The molecule has 5 nitrogen and oxygen atoms in total. The van der Waals surface area contributed by atoms with Crippen LogP contribution in [0.2, 0.25) is 0 Å². The van der Waals surface area contributed by atoms with Crippen LogP contribution in [0, 0.1) is 3.57 Å². The van der Waals surface area contributed by atoms with Crippen molar-refractivity contribution >= 4 is 28.6 Å². The van der Waals surface area contributed by atoms with Gasteiger partial charge in [0.1, 0.15) is 23.7 Å². The highest BCUT2D eigenvalue weighted by Gasteiger charge is 2.12. The highest BCUT2D eigenvalue weighted by Crippen LogP contribution is 2.22. The summed E-state index contributed by atoms with van der Waals surface area (Å²) in [6.45, 7) is 3.07. The maximum atomic E-state index is 11.2. The van der Waals surface area contributed by atoms with E-state index in [9.17, 15) is 4.79 Å². The number of aromatic nitrogens is 2. The van der Waals surface area contributed by atoms with Crippen LogP contribution in [-0.4, -0.2) is 20.6 Å². The largest absolute Gasteiger partial charge is 0.485 e. The minimum absolute atomic E-state index is 0.168. The molecule has 0 amide bonds. The van der Waals surface area contributed by atoms with Crippen LogP contribution >= 0.6 is 22.6 Å². The predicted octanol–water partition coefficient (Wildman–Crippen LogP) is 2.78. The van der Waals surface area contributed by atoms with Crippen LogP contribution < -0.4 is 4.74 Å². The number of nitrogens with zero attached hydrogens (tertiary/aromatic N) is 2. The number of ether oxygens (including phenoxy) is 1. The molecule has 1 aromatic carbocycles.